The summed E-state index contributed by atoms with van der Waals surface area (Å²) in [6.45, 7) is 8.30. The lowest BCUT2D eigenvalue weighted by Crippen LogP contribution is -2.36. The molecule has 8 heteroatoms. The van der Waals surface area contributed by atoms with Gasteiger partial charge in [-0.05, 0) is 54.3 Å². The maximum atomic E-state index is 12.6. The maximum Gasteiger partial charge on any atom is 0.270 e. The van der Waals surface area contributed by atoms with Crippen molar-refractivity contribution in [1.29, 1.82) is 0 Å². The second-order valence-electron chi connectivity index (χ2n) is 10.2. The molecular formula is C28H32N6O2. The molecule has 2 aromatic carbocycles. The second-order valence-corrected chi connectivity index (χ2v) is 10.2. The number of amides is 1. The van der Waals surface area contributed by atoms with Gasteiger partial charge in [0.15, 0.2) is 0 Å². The lowest BCUT2D eigenvalue weighted by atomic mass is 9.87. The number of rotatable bonds is 6. The van der Waals surface area contributed by atoms with Gasteiger partial charge in [0, 0.05) is 43.7 Å². The highest BCUT2D eigenvalue weighted by molar-refractivity contribution is 5.92. The van der Waals surface area contributed by atoms with Crippen LogP contribution in [0.25, 0.3) is 11.0 Å². The number of benzene rings is 2. The molecule has 8 nitrogen and oxygen atoms in total. The average molecular weight is 485 g/mol. The Labute approximate surface area is 211 Å². The SMILES string of the molecule is Cn1c(Nc2cccc(C(C)(C)C)c2)nc2cc(Oc3ccnc(C(=O)N[C@@H]4CCNC4)c3)ccc21. The minimum Gasteiger partial charge on any atom is -0.457 e. The van der Waals surface area contributed by atoms with Gasteiger partial charge in [0.25, 0.3) is 5.91 Å². The molecule has 1 aliphatic heterocycles. The first-order chi connectivity index (χ1) is 17.3. The predicted octanol–water partition coefficient (Wildman–Crippen LogP) is 4.89. The van der Waals surface area contributed by atoms with Crippen LogP contribution in [0.5, 0.6) is 11.5 Å². The number of carbonyl (C=O) groups excluding carboxylic acids is 1. The fourth-order valence-electron chi connectivity index (χ4n) is 4.32. The number of aryl methyl sites for hydroxylation is 1. The molecule has 0 aliphatic carbocycles. The van der Waals surface area contributed by atoms with Gasteiger partial charge in [-0.25, -0.2) is 4.98 Å². The lowest BCUT2D eigenvalue weighted by Gasteiger charge is -2.20. The number of nitrogens with zero attached hydrogens (tertiary/aromatic N) is 3. The van der Waals surface area contributed by atoms with Crippen LogP contribution in [0.15, 0.2) is 60.8 Å². The highest BCUT2D eigenvalue weighted by Crippen LogP contribution is 2.30. The van der Waals surface area contributed by atoms with Crippen molar-refractivity contribution < 1.29 is 9.53 Å². The van der Waals surface area contributed by atoms with Crippen LogP contribution in [0.4, 0.5) is 11.6 Å². The summed E-state index contributed by atoms with van der Waals surface area (Å²) in [5, 5.41) is 9.70. The fourth-order valence-corrected chi connectivity index (χ4v) is 4.32. The highest BCUT2D eigenvalue weighted by Gasteiger charge is 2.19. The van der Waals surface area contributed by atoms with Crippen molar-refractivity contribution in [3.05, 3.63) is 72.1 Å². The van der Waals surface area contributed by atoms with E-state index in [1.165, 1.54) is 5.56 Å². The average Bonchev–Trinajstić information content (AvgIpc) is 3.46. The van der Waals surface area contributed by atoms with E-state index >= 15 is 0 Å². The zero-order chi connectivity index (χ0) is 25.3. The normalized spacial score (nSPS) is 15.7. The number of hydrogen-bond donors (Lipinski definition) is 3. The van der Waals surface area contributed by atoms with Crippen molar-refractivity contribution in [3.8, 4) is 11.5 Å². The zero-order valence-corrected chi connectivity index (χ0v) is 21.1. The molecule has 4 aromatic rings. The van der Waals surface area contributed by atoms with Gasteiger partial charge < -0.3 is 25.3 Å². The number of anilines is 2. The van der Waals surface area contributed by atoms with Gasteiger partial charge in [0.05, 0.1) is 11.0 Å². The van der Waals surface area contributed by atoms with Gasteiger partial charge in [-0.2, -0.15) is 0 Å². The third-order valence-corrected chi connectivity index (χ3v) is 6.43. The Hall–Kier alpha value is -3.91. The van der Waals surface area contributed by atoms with Crippen LogP contribution in [-0.4, -0.2) is 39.6 Å². The van der Waals surface area contributed by atoms with Crippen molar-refractivity contribution >= 4 is 28.6 Å². The molecule has 0 unspecified atom stereocenters. The number of pyridine rings is 1. The van der Waals surface area contributed by atoms with E-state index in [0.29, 0.717) is 17.2 Å². The van der Waals surface area contributed by atoms with E-state index in [1.54, 1.807) is 18.3 Å². The highest BCUT2D eigenvalue weighted by atomic mass is 16.5. The van der Waals surface area contributed by atoms with Crippen LogP contribution in [0, 0.1) is 0 Å². The summed E-state index contributed by atoms with van der Waals surface area (Å²) in [7, 11) is 1.99. The summed E-state index contributed by atoms with van der Waals surface area (Å²) >= 11 is 0. The van der Waals surface area contributed by atoms with E-state index in [-0.39, 0.29) is 17.4 Å². The lowest BCUT2D eigenvalue weighted by molar-refractivity contribution is 0.0934. The first-order valence-corrected chi connectivity index (χ1v) is 12.3. The number of hydrogen-bond acceptors (Lipinski definition) is 6. The van der Waals surface area contributed by atoms with Crippen LogP contribution >= 0.6 is 0 Å². The van der Waals surface area contributed by atoms with E-state index in [1.807, 2.05) is 35.9 Å². The molecule has 1 atom stereocenters. The Morgan fingerprint density at radius 3 is 2.72 bits per heavy atom. The second kappa shape index (κ2) is 9.62. The van der Waals surface area contributed by atoms with Crippen LogP contribution in [0.1, 0.15) is 43.2 Å². The molecule has 2 aromatic heterocycles. The fraction of sp³-hybridized carbons (Fsp3) is 0.321. The molecule has 5 rings (SSSR count). The maximum absolute atomic E-state index is 12.6. The van der Waals surface area contributed by atoms with E-state index in [4.69, 9.17) is 9.72 Å². The monoisotopic (exact) mass is 484 g/mol. The molecule has 3 heterocycles. The van der Waals surface area contributed by atoms with Crippen molar-refractivity contribution in [2.45, 2.75) is 38.6 Å². The Morgan fingerprint density at radius 2 is 1.94 bits per heavy atom. The van der Waals surface area contributed by atoms with Crippen molar-refractivity contribution in [3.63, 3.8) is 0 Å². The van der Waals surface area contributed by atoms with Crippen LogP contribution in [-0.2, 0) is 12.5 Å². The number of fused-ring (bicyclic) bond motifs is 1. The Morgan fingerprint density at radius 1 is 1.11 bits per heavy atom. The molecule has 0 saturated carbocycles. The van der Waals surface area contributed by atoms with Gasteiger partial charge in [-0.1, -0.05) is 32.9 Å². The molecule has 0 radical (unpaired) electrons. The largest absolute Gasteiger partial charge is 0.457 e. The molecule has 0 spiro atoms. The Kier molecular flexibility index (Phi) is 6.36. The quantitative estimate of drug-likeness (QED) is 0.361. The van der Waals surface area contributed by atoms with E-state index in [9.17, 15) is 4.79 Å². The molecule has 1 saturated heterocycles. The molecule has 1 fully saturated rings. The summed E-state index contributed by atoms with van der Waals surface area (Å²) in [5.74, 6) is 1.74. The van der Waals surface area contributed by atoms with Gasteiger partial charge in [0.2, 0.25) is 5.95 Å². The van der Waals surface area contributed by atoms with Crippen molar-refractivity contribution in [2.24, 2.45) is 7.05 Å². The summed E-state index contributed by atoms with van der Waals surface area (Å²) in [5.41, 5.74) is 4.45. The van der Waals surface area contributed by atoms with E-state index in [2.05, 4.69) is 59.9 Å². The summed E-state index contributed by atoms with van der Waals surface area (Å²) in [6, 6.07) is 17.7. The van der Waals surface area contributed by atoms with Gasteiger partial charge in [0.1, 0.15) is 17.2 Å². The zero-order valence-electron chi connectivity index (χ0n) is 21.1. The number of nitrogens with one attached hydrogen (secondary N) is 3. The van der Waals surface area contributed by atoms with Crippen LogP contribution in [0.2, 0.25) is 0 Å². The van der Waals surface area contributed by atoms with Gasteiger partial charge in [-0.3, -0.25) is 9.78 Å². The first-order valence-electron chi connectivity index (χ1n) is 12.3. The Bertz CT molecular complexity index is 1400. The number of ether oxygens (including phenoxy) is 1. The summed E-state index contributed by atoms with van der Waals surface area (Å²) in [6.07, 6.45) is 2.51. The van der Waals surface area contributed by atoms with Crippen LogP contribution < -0.4 is 20.7 Å². The van der Waals surface area contributed by atoms with E-state index < -0.39 is 0 Å². The standard InChI is InChI=1S/C28H32N6O2/c1-28(2,3)18-6-5-7-19(14-18)32-27-33-23-15-21(8-9-25(23)34(27)4)36-22-11-13-30-24(16-22)26(35)31-20-10-12-29-17-20/h5-9,11,13-16,20,29H,10,12,17H2,1-4H3,(H,31,35)(H,32,33)/t20-/m1/s1. The topological polar surface area (TPSA) is 93.1 Å². The minimum atomic E-state index is -0.194. The van der Waals surface area contributed by atoms with Crippen LogP contribution in [0.3, 0.4) is 0 Å². The third kappa shape index (κ3) is 5.18. The summed E-state index contributed by atoms with van der Waals surface area (Å²) < 4.78 is 8.09. The van der Waals surface area contributed by atoms with Gasteiger partial charge >= 0.3 is 0 Å². The van der Waals surface area contributed by atoms with E-state index in [0.717, 1.165) is 42.2 Å². The first kappa shape index (κ1) is 23.8. The molecule has 36 heavy (non-hydrogen) atoms. The van der Waals surface area contributed by atoms with Gasteiger partial charge in [-0.15, -0.1) is 0 Å². The van der Waals surface area contributed by atoms with Crippen molar-refractivity contribution in [1.82, 2.24) is 25.2 Å². The Balaban J connectivity index is 1.33. The number of aromatic nitrogens is 3. The van der Waals surface area contributed by atoms with Crippen molar-refractivity contribution in [2.75, 3.05) is 18.4 Å². The number of imidazole rings is 1. The smallest absolute Gasteiger partial charge is 0.270 e. The molecular weight excluding hydrogens is 452 g/mol. The molecule has 1 amide bonds. The predicted molar refractivity (Wildman–Crippen MR) is 142 cm³/mol. The minimum absolute atomic E-state index is 0.0670. The molecule has 1 aliphatic rings. The molecule has 0 bridgehead atoms. The molecule has 3 N–H and O–H groups in total. The number of carbonyl (C=O) groups is 1. The molecule has 186 valence electrons. The third-order valence-electron chi connectivity index (χ3n) is 6.43. The summed E-state index contributed by atoms with van der Waals surface area (Å²) in [4.78, 5) is 21.6.